The lowest BCUT2D eigenvalue weighted by Gasteiger charge is -2.13. The summed E-state index contributed by atoms with van der Waals surface area (Å²) in [5, 5.41) is 11.0. The van der Waals surface area contributed by atoms with Crippen LogP contribution in [0.1, 0.15) is 18.9 Å². The fraction of sp³-hybridized carbons (Fsp3) is 0.143. The largest absolute Gasteiger partial charge is 0.479 e. The molecule has 2 aromatic heterocycles. The molecule has 0 aliphatic heterocycles. The number of hydrogen-bond donors (Lipinski definition) is 0. The zero-order valence-electron chi connectivity index (χ0n) is 11.2. The quantitative estimate of drug-likeness (QED) is 0.533. The lowest BCUT2D eigenvalue weighted by atomic mass is 10.3. The van der Waals surface area contributed by atoms with E-state index in [2.05, 4.69) is 10.2 Å². The second-order valence-corrected chi connectivity index (χ2v) is 6.55. The van der Waals surface area contributed by atoms with E-state index in [4.69, 9.17) is 44.0 Å². The van der Waals surface area contributed by atoms with Crippen molar-refractivity contribution < 1.29 is 9.15 Å². The molecule has 0 spiro atoms. The number of ether oxygens (including phenoxy) is 1. The molecule has 2 heterocycles. The predicted molar refractivity (Wildman–Crippen MR) is 88.1 cm³/mol. The summed E-state index contributed by atoms with van der Waals surface area (Å²) in [6.07, 6.45) is -0.476. The minimum atomic E-state index is -0.476. The molecule has 4 nitrogen and oxygen atoms in total. The van der Waals surface area contributed by atoms with E-state index in [1.165, 1.54) is 17.4 Å². The number of benzene rings is 1. The molecular weight excluding hydrogens is 367 g/mol. The Morgan fingerprint density at radius 2 is 1.91 bits per heavy atom. The highest BCUT2D eigenvalue weighted by atomic mass is 35.5. The van der Waals surface area contributed by atoms with Gasteiger partial charge in [0.15, 0.2) is 6.10 Å². The van der Waals surface area contributed by atoms with Gasteiger partial charge >= 0.3 is 0 Å². The van der Waals surface area contributed by atoms with Crippen LogP contribution in [0.15, 0.2) is 34.1 Å². The van der Waals surface area contributed by atoms with Crippen LogP contribution in [0, 0.1) is 0 Å². The summed E-state index contributed by atoms with van der Waals surface area (Å²) in [5.41, 5.74) is 0. The van der Waals surface area contributed by atoms with Crippen LogP contribution in [-0.4, -0.2) is 10.2 Å². The summed E-state index contributed by atoms with van der Waals surface area (Å²) in [4.78, 5) is 0.901. The van der Waals surface area contributed by atoms with Gasteiger partial charge < -0.3 is 9.15 Å². The van der Waals surface area contributed by atoms with Gasteiger partial charge in [-0.25, -0.2) is 0 Å². The summed E-state index contributed by atoms with van der Waals surface area (Å²) in [6, 6.07) is 6.90. The summed E-state index contributed by atoms with van der Waals surface area (Å²) in [5.74, 6) is 1.21. The van der Waals surface area contributed by atoms with Gasteiger partial charge in [0.2, 0.25) is 0 Å². The highest BCUT2D eigenvalue weighted by Crippen LogP contribution is 2.36. The number of nitrogens with zero attached hydrogens (tertiary/aromatic N) is 2. The minimum Gasteiger partial charge on any atom is -0.479 e. The SMILES string of the molecule is C[C@@H](Oc1cc(Cl)c(Cl)cc1Cl)c1nnc(-c2cccs2)o1. The third kappa shape index (κ3) is 3.22. The summed E-state index contributed by atoms with van der Waals surface area (Å²) in [7, 11) is 0. The Hall–Kier alpha value is -1.27. The maximum Gasteiger partial charge on any atom is 0.257 e. The number of thiophene rings is 1. The van der Waals surface area contributed by atoms with Gasteiger partial charge in [0.25, 0.3) is 11.8 Å². The number of aromatic nitrogens is 2. The highest BCUT2D eigenvalue weighted by Gasteiger charge is 2.19. The molecule has 0 fully saturated rings. The second-order valence-electron chi connectivity index (χ2n) is 4.38. The Balaban J connectivity index is 1.80. The molecule has 0 bridgehead atoms. The molecule has 0 saturated heterocycles. The average Bonchev–Trinajstić information content (AvgIpc) is 3.15. The Morgan fingerprint density at radius 1 is 1.14 bits per heavy atom. The van der Waals surface area contributed by atoms with Gasteiger partial charge in [-0.05, 0) is 24.4 Å². The maximum absolute atomic E-state index is 6.09. The zero-order chi connectivity index (χ0) is 15.7. The Kier molecular flexibility index (Phi) is 4.59. The van der Waals surface area contributed by atoms with Crippen molar-refractivity contribution in [3.8, 4) is 16.5 Å². The molecule has 114 valence electrons. The molecule has 22 heavy (non-hydrogen) atoms. The first-order valence-electron chi connectivity index (χ1n) is 6.23. The van der Waals surface area contributed by atoms with E-state index in [-0.39, 0.29) is 0 Å². The first kappa shape index (κ1) is 15.6. The van der Waals surface area contributed by atoms with Gasteiger partial charge in [0, 0.05) is 6.07 Å². The Bertz CT molecular complexity index is 789. The van der Waals surface area contributed by atoms with E-state index in [0.29, 0.717) is 32.6 Å². The van der Waals surface area contributed by atoms with Crippen LogP contribution in [0.2, 0.25) is 15.1 Å². The van der Waals surface area contributed by atoms with Gasteiger partial charge in [-0.3, -0.25) is 0 Å². The van der Waals surface area contributed by atoms with E-state index in [9.17, 15) is 0 Å². The monoisotopic (exact) mass is 374 g/mol. The van der Waals surface area contributed by atoms with Crippen molar-refractivity contribution in [1.29, 1.82) is 0 Å². The molecule has 0 saturated carbocycles. The first-order valence-corrected chi connectivity index (χ1v) is 8.24. The Morgan fingerprint density at radius 3 is 2.64 bits per heavy atom. The predicted octanol–water partition coefficient (Wildman–Crippen LogP) is 5.90. The van der Waals surface area contributed by atoms with Crippen LogP contribution in [0.3, 0.4) is 0 Å². The lowest BCUT2D eigenvalue weighted by molar-refractivity contribution is 0.190. The second kappa shape index (κ2) is 6.46. The third-order valence-corrected chi connectivity index (χ3v) is 4.67. The highest BCUT2D eigenvalue weighted by molar-refractivity contribution is 7.13. The minimum absolute atomic E-state index is 0.352. The fourth-order valence-corrected chi connectivity index (χ4v) is 2.96. The Labute approximate surface area is 145 Å². The fourth-order valence-electron chi connectivity index (χ4n) is 1.73. The molecule has 3 rings (SSSR count). The van der Waals surface area contributed by atoms with Crippen LogP contribution in [0.25, 0.3) is 10.8 Å². The lowest BCUT2D eigenvalue weighted by Crippen LogP contribution is -2.04. The van der Waals surface area contributed by atoms with Gasteiger partial charge in [-0.15, -0.1) is 21.5 Å². The molecule has 1 atom stereocenters. The van der Waals surface area contributed by atoms with Crippen molar-refractivity contribution in [2.75, 3.05) is 0 Å². The van der Waals surface area contributed by atoms with E-state index in [1.807, 2.05) is 17.5 Å². The molecule has 8 heteroatoms. The van der Waals surface area contributed by atoms with Crippen LogP contribution in [0.5, 0.6) is 5.75 Å². The standard InChI is InChI=1S/C14H9Cl3N2O2S/c1-7(20-11-6-9(16)8(15)5-10(11)17)13-18-19-14(21-13)12-3-2-4-22-12/h2-7H,1H3/t7-/m1/s1. The van der Waals surface area contributed by atoms with E-state index >= 15 is 0 Å². The topological polar surface area (TPSA) is 48.2 Å². The van der Waals surface area contributed by atoms with Crippen molar-refractivity contribution >= 4 is 46.1 Å². The molecule has 3 aromatic rings. The smallest absolute Gasteiger partial charge is 0.257 e. The average molecular weight is 376 g/mol. The molecule has 1 aromatic carbocycles. The third-order valence-electron chi connectivity index (χ3n) is 2.80. The van der Waals surface area contributed by atoms with Crippen LogP contribution in [0.4, 0.5) is 0 Å². The summed E-state index contributed by atoms with van der Waals surface area (Å²) in [6.45, 7) is 1.78. The van der Waals surface area contributed by atoms with Crippen molar-refractivity contribution in [1.82, 2.24) is 10.2 Å². The van der Waals surface area contributed by atoms with Gasteiger partial charge in [0.05, 0.1) is 19.9 Å². The molecule has 0 radical (unpaired) electrons. The van der Waals surface area contributed by atoms with Crippen LogP contribution >= 0.6 is 46.1 Å². The van der Waals surface area contributed by atoms with Crippen LogP contribution in [-0.2, 0) is 0 Å². The van der Waals surface area contributed by atoms with Crippen molar-refractivity contribution in [2.45, 2.75) is 13.0 Å². The number of halogens is 3. The van der Waals surface area contributed by atoms with Crippen molar-refractivity contribution in [2.24, 2.45) is 0 Å². The van der Waals surface area contributed by atoms with Gasteiger partial charge in [-0.2, -0.15) is 0 Å². The molecule has 0 N–H and O–H groups in total. The number of hydrogen-bond acceptors (Lipinski definition) is 5. The van der Waals surface area contributed by atoms with Crippen LogP contribution < -0.4 is 4.74 Å². The molecule has 0 unspecified atom stereocenters. The van der Waals surface area contributed by atoms with Gasteiger partial charge in [-0.1, -0.05) is 40.9 Å². The maximum atomic E-state index is 6.09. The molecular formula is C14H9Cl3N2O2S. The molecule has 0 aliphatic rings. The van der Waals surface area contributed by atoms with Crippen molar-refractivity contribution in [3.63, 3.8) is 0 Å². The zero-order valence-corrected chi connectivity index (χ0v) is 14.3. The molecule has 0 aliphatic carbocycles. The summed E-state index contributed by atoms with van der Waals surface area (Å²) < 4.78 is 11.3. The van der Waals surface area contributed by atoms with E-state index in [0.717, 1.165) is 4.88 Å². The number of rotatable bonds is 4. The van der Waals surface area contributed by atoms with E-state index in [1.54, 1.807) is 13.0 Å². The first-order chi connectivity index (χ1) is 10.5. The normalized spacial score (nSPS) is 12.4. The van der Waals surface area contributed by atoms with Crippen molar-refractivity contribution in [3.05, 3.63) is 50.6 Å². The molecule has 0 amide bonds. The van der Waals surface area contributed by atoms with E-state index < -0.39 is 6.10 Å². The summed E-state index contributed by atoms with van der Waals surface area (Å²) >= 11 is 19.5. The van der Waals surface area contributed by atoms with Gasteiger partial charge in [0.1, 0.15) is 5.75 Å².